The number of aromatic nitrogens is 1. The maximum Gasteiger partial charge on any atom is 0.186 e. The molecule has 5 heteroatoms. The third kappa shape index (κ3) is 4.15. The molecule has 0 N–H and O–H groups in total. The van der Waals surface area contributed by atoms with Gasteiger partial charge in [0.1, 0.15) is 0 Å². The largest absolute Gasteiger partial charge is 0.373 e. The van der Waals surface area contributed by atoms with Crippen molar-refractivity contribution in [2.45, 2.75) is 45.3 Å². The zero-order chi connectivity index (χ0) is 17.2. The zero-order valence-corrected chi connectivity index (χ0v) is 16.2. The van der Waals surface area contributed by atoms with Gasteiger partial charge in [-0.3, -0.25) is 4.90 Å². The number of ether oxygens (including phenoxy) is 1. The highest BCUT2D eigenvalue weighted by Crippen LogP contribution is 2.32. The first-order valence-corrected chi connectivity index (χ1v) is 10.5. The van der Waals surface area contributed by atoms with Gasteiger partial charge in [0, 0.05) is 26.2 Å². The van der Waals surface area contributed by atoms with Crippen LogP contribution in [0.3, 0.4) is 0 Å². The van der Waals surface area contributed by atoms with Crippen molar-refractivity contribution in [2.75, 3.05) is 37.6 Å². The van der Waals surface area contributed by atoms with E-state index in [1.54, 1.807) is 0 Å². The molecule has 0 amide bonds. The Bertz CT molecular complexity index is 652. The van der Waals surface area contributed by atoms with Crippen LogP contribution in [0.1, 0.15) is 33.1 Å². The number of hydrogen-bond donors (Lipinski definition) is 0. The lowest BCUT2D eigenvalue weighted by Gasteiger charge is -2.37. The van der Waals surface area contributed by atoms with E-state index in [-0.39, 0.29) is 0 Å². The maximum absolute atomic E-state index is 5.84. The predicted molar refractivity (Wildman–Crippen MR) is 106 cm³/mol. The van der Waals surface area contributed by atoms with Gasteiger partial charge in [-0.15, -0.1) is 0 Å². The standard InChI is InChI=1S/C20H29N3OS/c1-15-13-22(14-16(2)24-15)10-7-17-8-11-23(12-9-17)20-21-18-5-3-4-6-19(18)25-20/h3-6,15-17H,7-14H2,1-2H3. The lowest BCUT2D eigenvalue weighted by Crippen LogP contribution is -2.46. The van der Waals surface area contributed by atoms with Gasteiger partial charge < -0.3 is 9.64 Å². The molecule has 25 heavy (non-hydrogen) atoms. The molecule has 1 aromatic carbocycles. The Morgan fingerprint density at radius 2 is 1.84 bits per heavy atom. The minimum Gasteiger partial charge on any atom is -0.373 e. The molecule has 0 bridgehead atoms. The third-order valence-electron chi connectivity index (χ3n) is 5.52. The fourth-order valence-electron chi connectivity index (χ4n) is 4.24. The second-order valence-electron chi connectivity index (χ2n) is 7.70. The monoisotopic (exact) mass is 359 g/mol. The molecule has 2 aliphatic heterocycles. The van der Waals surface area contributed by atoms with Gasteiger partial charge in [0.15, 0.2) is 5.13 Å². The molecule has 2 fully saturated rings. The van der Waals surface area contributed by atoms with Gasteiger partial charge in [-0.25, -0.2) is 4.98 Å². The molecule has 2 saturated heterocycles. The molecule has 3 heterocycles. The fraction of sp³-hybridized carbons (Fsp3) is 0.650. The summed E-state index contributed by atoms with van der Waals surface area (Å²) in [7, 11) is 0. The molecular weight excluding hydrogens is 330 g/mol. The van der Waals surface area contributed by atoms with Crippen LogP contribution in [0.2, 0.25) is 0 Å². The van der Waals surface area contributed by atoms with Crippen molar-refractivity contribution in [1.29, 1.82) is 0 Å². The highest BCUT2D eigenvalue weighted by Gasteiger charge is 2.25. The summed E-state index contributed by atoms with van der Waals surface area (Å²) in [5.74, 6) is 0.860. The van der Waals surface area contributed by atoms with E-state index in [1.807, 2.05) is 11.3 Å². The summed E-state index contributed by atoms with van der Waals surface area (Å²) in [4.78, 5) is 9.90. The number of piperidine rings is 1. The number of thiazole rings is 1. The third-order valence-corrected chi connectivity index (χ3v) is 6.61. The minimum absolute atomic E-state index is 0.379. The van der Waals surface area contributed by atoms with Crippen LogP contribution < -0.4 is 4.90 Å². The minimum atomic E-state index is 0.379. The number of hydrogen-bond acceptors (Lipinski definition) is 5. The van der Waals surface area contributed by atoms with Crippen LogP contribution >= 0.6 is 11.3 Å². The van der Waals surface area contributed by atoms with E-state index >= 15 is 0 Å². The maximum atomic E-state index is 5.84. The normalized spacial score (nSPS) is 26.4. The number of para-hydroxylation sites is 1. The van der Waals surface area contributed by atoms with Crippen LogP contribution in [0.4, 0.5) is 5.13 Å². The van der Waals surface area contributed by atoms with Gasteiger partial charge in [-0.1, -0.05) is 23.5 Å². The SMILES string of the molecule is CC1CN(CCC2CCN(c3nc4ccccc4s3)CC2)CC(C)O1. The number of fused-ring (bicyclic) bond motifs is 1. The van der Waals surface area contributed by atoms with Crippen molar-refractivity contribution in [3.8, 4) is 0 Å². The summed E-state index contributed by atoms with van der Waals surface area (Å²) in [5.41, 5.74) is 1.14. The predicted octanol–water partition coefficient (Wildman–Crippen LogP) is 4.01. The molecule has 2 aromatic rings. The first kappa shape index (κ1) is 17.3. The van der Waals surface area contributed by atoms with Gasteiger partial charge in [-0.05, 0) is 57.7 Å². The zero-order valence-electron chi connectivity index (χ0n) is 15.4. The van der Waals surface area contributed by atoms with Crippen LogP contribution in [-0.2, 0) is 4.74 Å². The Labute approximate surface area is 154 Å². The van der Waals surface area contributed by atoms with Crippen molar-refractivity contribution < 1.29 is 4.74 Å². The van der Waals surface area contributed by atoms with Gasteiger partial charge in [0.2, 0.25) is 0 Å². The Hall–Kier alpha value is -1.17. The number of benzene rings is 1. The molecule has 0 aliphatic carbocycles. The number of nitrogens with zero attached hydrogens (tertiary/aromatic N) is 3. The fourth-order valence-corrected chi connectivity index (χ4v) is 5.26. The molecule has 2 aliphatic rings. The first-order valence-electron chi connectivity index (χ1n) is 9.65. The smallest absolute Gasteiger partial charge is 0.186 e. The molecule has 136 valence electrons. The average Bonchev–Trinajstić information content (AvgIpc) is 3.04. The Kier molecular flexibility index (Phi) is 5.25. The van der Waals surface area contributed by atoms with E-state index < -0.39 is 0 Å². The lowest BCUT2D eigenvalue weighted by atomic mass is 9.93. The van der Waals surface area contributed by atoms with Crippen molar-refractivity contribution >= 4 is 26.7 Å². The first-order chi connectivity index (χ1) is 12.2. The van der Waals surface area contributed by atoms with Crippen molar-refractivity contribution in [2.24, 2.45) is 5.92 Å². The number of rotatable bonds is 4. The average molecular weight is 360 g/mol. The summed E-state index contributed by atoms with van der Waals surface area (Å²) in [6, 6.07) is 8.47. The molecule has 0 saturated carbocycles. The molecular formula is C20H29N3OS. The van der Waals surface area contributed by atoms with Gasteiger partial charge in [-0.2, -0.15) is 0 Å². The summed E-state index contributed by atoms with van der Waals surface area (Å²) in [6.45, 7) is 10.1. The van der Waals surface area contributed by atoms with Crippen LogP contribution in [0.5, 0.6) is 0 Å². The second kappa shape index (κ2) is 7.60. The van der Waals surface area contributed by atoms with Gasteiger partial charge in [0.05, 0.1) is 22.4 Å². The van der Waals surface area contributed by atoms with Crippen molar-refractivity contribution in [3.05, 3.63) is 24.3 Å². The van der Waals surface area contributed by atoms with E-state index in [1.165, 1.54) is 35.6 Å². The van der Waals surface area contributed by atoms with Crippen LogP contribution in [0.25, 0.3) is 10.2 Å². The highest BCUT2D eigenvalue weighted by molar-refractivity contribution is 7.22. The van der Waals surface area contributed by atoms with E-state index in [0.29, 0.717) is 12.2 Å². The van der Waals surface area contributed by atoms with E-state index in [4.69, 9.17) is 9.72 Å². The molecule has 4 rings (SSSR count). The topological polar surface area (TPSA) is 28.6 Å². The lowest BCUT2D eigenvalue weighted by molar-refractivity contribution is -0.0690. The summed E-state index contributed by atoms with van der Waals surface area (Å²) < 4.78 is 7.14. The van der Waals surface area contributed by atoms with E-state index in [2.05, 4.69) is 47.9 Å². The van der Waals surface area contributed by atoms with Crippen molar-refractivity contribution in [3.63, 3.8) is 0 Å². The molecule has 0 spiro atoms. The van der Waals surface area contributed by atoms with Gasteiger partial charge in [0.25, 0.3) is 0 Å². The molecule has 2 atom stereocenters. The number of morpholine rings is 1. The summed E-state index contributed by atoms with van der Waals surface area (Å²) in [6.07, 6.45) is 4.68. The second-order valence-corrected chi connectivity index (χ2v) is 8.71. The highest BCUT2D eigenvalue weighted by atomic mass is 32.1. The van der Waals surface area contributed by atoms with Gasteiger partial charge >= 0.3 is 0 Å². The van der Waals surface area contributed by atoms with E-state index in [9.17, 15) is 0 Å². The Morgan fingerprint density at radius 3 is 2.56 bits per heavy atom. The van der Waals surface area contributed by atoms with Crippen molar-refractivity contribution in [1.82, 2.24) is 9.88 Å². The molecule has 4 nitrogen and oxygen atoms in total. The van der Waals surface area contributed by atoms with Crippen LogP contribution in [0.15, 0.2) is 24.3 Å². The molecule has 2 unspecified atom stereocenters. The van der Waals surface area contributed by atoms with Crippen LogP contribution in [0, 0.1) is 5.92 Å². The quantitative estimate of drug-likeness (QED) is 0.825. The number of anilines is 1. The molecule has 1 aromatic heterocycles. The Morgan fingerprint density at radius 1 is 1.12 bits per heavy atom. The summed E-state index contributed by atoms with van der Waals surface area (Å²) in [5, 5.41) is 1.20. The Balaban J connectivity index is 1.27. The summed E-state index contributed by atoms with van der Waals surface area (Å²) >= 11 is 1.83. The van der Waals surface area contributed by atoms with Crippen LogP contribution in [-0.4, -0.2) is 54.8 Å². The molecule has 0 radical (unpaired) electrons. The van der Waals surface area contributed by atoms with E-state index in [0.717, 1.165) is 37.6 Å².